The summed E-state index contributed by atoms with van der Waals surface area (Å²) in [5.74, 6) is -1.69. The molecule has 0 atom stereocenters. The Balaban J connectivity index is 1.88. The van der Waals surface area contributed by atoms with Crippen LogP contribution in [0.4, 0.5) is 10.2 Å². The highest BCUT2D eigenvalue weighted by molar-refractivity contribution is 6.04. The molecule has 3 aromatic rings. The van der Waals surface area contributed by atoms with Gasteiger partial charge < -0.3 is 10.4 Å². The number of benzene rings is 2. The fraction of sp³-hybridized carbons (Fsp3) is 0.105. The van der Waals surface area contributed by atoms with Gasteiger partial charge in [0.1, 0.15) is 11.6 Å². The van der Waals surface area contributed by atoms with Gasteiger partial charge in [0.05, 0.1) is 6.54 Å². The number of aryl methyl sites for hydroxylation is 1. The topological polar surface area (TPSA) is 84.2 Å². The molecule has 6 nitrogen and oxygen atoms in total. The molecule has 26 heavy (non-hydrogen) atoms. The van der Waals surface area contributed by atoms with Crippen LogP contribution in [0.15, 0.2) is 54.6 Å². The molecule has 0 bridgehead atoms. The second kappa shape index (κ2) is 7.18. The van der Waals surface area contributed by atoms with E-state index in [1.807, 2.05) is 13.0 Å². The first-order chi connectivity index (χ1) is 12.4. The molecule has 1 aromatic heterocycles. The highest BCUT2D eigenvalue weighted by Gasteiger charge is 2.16. The van der Waals surface area contributed by atoms with Crippen LogP contribution in [0.3, 0.4) is 0 Å². The molecule has 0 saturated carbocycles. The number of hydrogen-bond acceptors (Lipinski definition) is 3. The number of carboxylic acid groups (broad SMARTS) is 1. The first kappa shape index (κ1) is 17.3. The van der Waals surface area contributed by atoms with Crippen molar-refractivity contribution in [2.75, 3.05) is 5.32 Å². The standard InChI is InChI=1S/C19H16FN3O3/c1-12-3-2-4-14(9-12)18(24)21-17-10-16(19(25)26)22-23(17)11-13-5-7-15(20)8-6-13/h2-10H,11H2,1H3,(H,21,24)(H,25,26). The van der Waals surface area contributed by atoms with E-state index >= 15 is 0 Å². The van der Waals surface area contributed by atoms with Gasteiger partial charge in [-0.2, -0.15) is 5.10 Å². The van der Waals surface area contributed by atoms with Crippen molar-refractivity contribution in [3.05, 3.63) is 82.8 Å². The Morgan fingerprint density at radius 1 is 1.15 bits per heavy atom. The summed E-state index contributed by atoms with van der Waals surface area (Å²) in [4.78, 5) is 23.7. The number of aromatic nitrogens is 2. The number of nitrogens with zero attached hydrogens (tertiary/aromatic N) is 2. The lowest BCUT2D eigenvalue weighted by molar-refractivity contribution is 0.0689. The molecular formula is C19H16FN3O3. The molecule has 2 aromatic carbocycles. The maximum Gasteiger partial charge on any atom is 0.356 e. The first-order valence-corrected chi connectivity index (χ1v) is 7.86. The van der Waals surface area contributed by atoms with E-state index in [4.69, 9.17) is 0 Å². The lowest BCUT2D eigenvalue weighted by Crippen LogP contribution is -2.16. The molecule has 7 heteroatoms. The van der Waals surface area contributed by atoms with Crippen LogP contribution < -0.4 is 5.32 Å². The van der Waals surface area contributed by atoms with E-state index in [0.29, 0.717) is 5.56 Å². The van der Waals surface area contributed by atoms with Crippen LogP contribution in [0, 0.1) is 12.7 Å². The van der Waals surface area contributed by atoms with Crippen molar-refractivity contribution >= 4 is 17.7 Å². The van der Waals surface area contributed by atoms with E-state index in [0.717, 1.165) is 11.1 Å². The molecule has 3 rings (SSSR count). The van der Waals surface area contributed by atoms with Gasteiger partial charge in [0.15, 0.2) is 5.69 Å². The predicted molar refractivity (Wildman–Crippen MR) is 93.8 cm³/mol. The van der Waals surface area contributed by atoms with E-state index in [1.165, 1.54) is 22.9 Å². The molecule has 0 radical (unpaired) electrons. The SMILES string of the molecule is Cc1cccc(C(=O)Nc2cc(C(=O)O)nn2Cc2ccc(F)cc2)c1. The number of rotatable bonds is 5. The fourth-order valence-corrected chi connectivity index (χ4v) is 2.48. The predicted octanol–water partition coefficient (Wildman–Crippen LogP) is 3.33. The van der Waals surface area contributed by atoms with Gasteiger partial charge in [-0.15, -0.1) is 0 Å². The van der Waals surface area contributed by atoms with E-state index in [1.54, 1.807) is 30.3 Å². The minimum atomic E-state index is -1.20. The van der Waals surface area contributed by atoms with E-state index in [-0.39, 0.29) is 29.8 Å². The van der Waals surface area contributed by atoms with E-state index in [9.17, 15) is 19.1 Å². The summed E-state index contributed by atoms with van der Waals surface area (Å²) in [5.41, 5.74) is 1.92. The van der Waals surface area contributed by atoms with Gasteiger partial charge in [-0.3, -0.25) is 4.79 Å². The van der Waals surface area contributed by atoms with Gasteiger partial charge in [-0.1, -0.05) is 29.8 Å². The lowest BCUT2D eigenvalue weighted by Gasteiger charge is -2.09. The van der Waals surface area contributed by atoms with Crippen molar-refractivity contribution in [2.45, 2.75) is 13.5 Å². The Morgan fingerprint density at radius 2 is 1.88 bits per heavy atom. The minimum Gasteiger partial charge on any atom is -0.476 e. The normalized spacial score (nSPS) is 10.5. The van der Waals surface area contributed by atoms with Crippen LogP contribution in [-0.4, -0.2) is 26.8 Å². The molecule has 2 N–H and O–H groups in total. The number of amides is 1. The zero-order valence-corrected chi connectivity index (χ0v) is 13.9. The maximum absolute atomic E-state index is 13.0. The highest BCUT2D eigenvalue weighted by atomic mass is 19.1. The van der Waals surface area contributed by atoms with Gasteiger partial charge in [0.2, 0.25) is 0 Å². The maximum atomic E-state index is 13.0. The summed E-state index contributed by atoms with van der Waals surface area (Å²) in [6.07, 6.45) is 0. The molecule has 0 aliphatic carbocycles. The van der Waals surface area contributed by atoms with Crippen molar-refractivity contribution < 1.29 is 19.1 Å². The molecule has 132 valence electrons. The second-order valence-corrected chi connectivity index (χ2v) is 5.83. The summed E-state index contributed by atoms with van der Waals surface area (Å²) >= 11 is 0. The lowest BCUT2D eigenvalue weighted by atomic mass is 10.1. The summed E-state index contributed by atoms with van der Waals surface area (Å²) in [6, 6.07) is 14.1. The number of hydrogen-bond donors (Lipinski definition) is 2. The van der Waals surface area contributed by atoms with Crippen LogP contribution >= 0.6 is 0 Å². The first-order valence-electron chi connectivity index (χ1n) is 7.86. The van der Waals surface area contributed by atoms with Crippen LogP contribution in [0.1, 0.15) is 32.0 Å². The van der Waals surface area contributed by atoms with Gasteiger partial charge in [-0.25, -0.2) is 13.9 Å². The number of carboxylic acids is 1. The van der Waals surface area contributed by atoms with Crippen molar-refractivity contribution in [3.63, 3.8) is 0 Å². The summed E-state index contributed by atoms with van der Waals surface area (Å²) in [5, 5.41) is 15.9. The number of anilines is 1. The minimum absolute atomic E-state index is 0.188. The number of carbonyl (C=O) groups excluding carboxylic acids is 1. The highest BCUT2D eigenvalue weighted by Crippen LogP contribution is 2.16. The van der Waals surface area contributed by atoms with Crippen LogP contribution in [0.25, 0.3) is 0 Å². The third-order valence-corrected chi connectivity index (χ3v) is 3.77. The molecule has 0 aliphatic heterocycles. The number of nitrogens with one attached hydrogen (secondary N) is 1. The smallest absolute Gasteiger partial charge is 0.356 e. The summed E-state index contributed by atoms with van der Waals surface area (Å²) in [6.45, 7) is 2.06. The van der Waals surface area contributed by atoms with Crippen molar-refractivity contribution in [1.29, 1.82) is 0 Å². The van der Waals surface area contributed by atoms with Crippen LogP contribution in [0.5, 0.6) is 0 Å². The number of aromatic carboxylic acids is 1. The van der Waals surface area contributed by atoms with Crippen LogP contribution in [-0.2, 0) is 6.54 Å². The number of halogens is 1. The Hall–Kier alpha value is -3.48. The average Bonchev–Trinajstić information content (AvgIpc) is 3.00. The van der Waals surface area contributed by atoms with E-state index in [2.05, 4.69) is 10.4 Å². The fourth-order valence-electron chi connectivity index (χ4n) is 2.48. The van der Waals surface area contributed by atoms with Gasteiger partial charge in [0, 0.05) is 11.6 Å². The zero-order chi connectivity index (χ0) is 18.7. The molecular weight excluding hydrogens is 337 g/mol. The van der Waals surface area contributed by atoms with Gasteiger partial charge in [0.25, 0.3) is 5.91 Å². The van der Waals surface area contributed by atoms with E-state index < -0.39 is 5.97 Å². The Morgan fingerprint density at radius 3 is 2.54 bits per heavy atom. The Kier molecular flexibility index (Phi) is 4.79. The van der Waals surface area contributed by atoms with Gasteiger partial charge in [-0.05, 0) is 36.8 Å². The van der Waals surface area contributed by atoms with Gasteiger partial charge >= 0.3 is 5.97 Å². The third kappa shape index (κ3) is 3.94. The molecule has 1 amide bonds. The largest absolute Gasteiger partial charge is 0.476 e. The monoisotopic (exact) mass is 353 g/mol. The zero-order valence-electron chi connectivity index (χ0n) is 13.9. The molecule has 0 fully saturated rings. The third-order valence-electron chi connectivity index (χ3n) is 3.77. The molecule has 0 aliphatic rings. The molecule has 1 heterocycles. The molecule has 0 saturated heterocycles. The van der Waals surface area contributed by atoms with Crippen molar-refractivity contribution in [1.82, 2.24) is 9.78 Å². The molecule has 0 spiro atoms. The summed E-state index contributed by atoms with van der Waals surface area (Å²) in [7, 11) is 0. The Bertz CT molecular complexity index is 964. The Labute approximate surface area is 148 Å². The quantitative estimate of drug-likeness (QED) is 0.737. The summed E-state index contributed by atoms with van der Waals surface area (Å²) < 4.78 is 14.4. The number of carbonyl (C=O) groups is 2. The van der Waals surface area contributed by atoms with Crippen molar-refractivity contribution in [2.24, 2.45) is 0 Å². The van der Waals surface area contributed by atoms with Crippen LogP contribution in [0.2, 0.25) is 0 Å². The molecule has 0 unspecified atom stereocenters. The van der Waals surface area contributed by atoms with Crippen molar-refractivity contribution in [3.8, 4) is 0 Å². The average molecular weight is 353 g/mol. The second-order valence-electron chi connectivity index (χ2n) is 5.83.